The van der Waals surface area contributed by atoms with Gasteiger partial charge in [-0.05, 0) is 41.1 Å². The van der Waals surface area contributed by atoms with E-state index in [1.54, 1.807) is 23.5 Å². The molecule has 3 nitrogen and oxygen atoms in total. The summed E-state index contributed by atoms with van der Waals surface area (Å²) in [6.45, 7) is 0.473. The van der Waals surface area contributed by atoms with Crippen LogP contribution >= 0.6 is 11.3 Å². The third-order valence-corrected chi connectivity index (χ3v) is 4.41. The predicted molar refractivity (Wildman–Crippen MR) is 71.0 cm³/mol. The number of benzene rings is 1. The molecule has 0 radical (unpaired) electrons. The second-order valence-corrected chi connectivity index (χ2v) is 5.44. The lowest BCUT2D eigenvalue weighted by atomic mass is 9.96. The van der Waals surface area contributed by atoms with Crippen LogP contribution in [-0.2, 0) is 6.42 Å². The predicted octanol–water partition coefficient (Wildman–Crippen LogP) is 3.51. The molecule has 1 aliphatic rings. The summed E-state index contributed by atoms with van der Waals surface area (Å²) in [6.07, 6.45) is -0.198. The summed E-state index contributed by atoms with van der Waals surface area (Å²) in [6, 6.07) is 7.78. The fourth-order valence-corrected chi connectivity index (χ4v) is 3.58. The Kier molecular flexibility index (Phi) is 2.98. The average Bonchev–Trinajstić information content (AvgIpc) is 2.86. The van der Waals surface area contributed by atoms with Crippen molar-refractivity contribution in [1.82, 2.24) is 4.90 Å². The molecule has 0 spiro atoms. The topological polar surface area (TPSA) is 40.5 Å². The number of thiophene rings is 1. The number of hydrogen-bond acceptors (Lipinski definition) is 2. The molecule has 2 heterocycles. The largest absolute Gasteiger partial charge is 0.465 e. The molecule has 0 aliphatic carbocycles. The number of carboxylic acid groups (broad SMARTS) is 1. The van der Waals surface area contributed by atoms with E-state index in [1.165, 1.54) is 22.6 Å². The monoisotopic (exact) mass is 277 g/mol. The lowest BCUT2D eigenvalue weighted by Crippen LogP contribution is -2.38. The van der Waals surface area contributed by atoms with Crippen LogP contribution in [-0.4, -0.2) is 22.6 Å². The minimum Gasteiger partial charge on any atom is -0.465 e. The minimum absolute atomic E-state index is 0.312. The van der Waals surface area contributed by atoms with Crippen molar-refractivity contribution in [3.63, 3.8) is 0 Å². The first-order valence-electron chi connectivity index (χ1n) is 5.98. The normalized spacial score (nSPS) is 18.2. The Balaban J connectivity index is 2.08. The fourth-order valence-electron chi connectivity index (χ4n) is 2.49. The zero-order valence-corrected chi connectivity index (χ0v) is 10.9. The zero-order valence-electron chi connectivity index (χ0n) is 10.0. The van der Waals surface area contributed by atoms with Crippen molar-refractivity contribution in [2.45, 2.75) is 12.5 Å². The van der Waals surface area contributed by atoms with Crippen LogP contribution in [0.15, 0.2) is 35.7 Å². The Bertz CT molecular complexity index is 608. The number of fused-ring (bicyclic) bond motifs is 1. The van der Waals surface area contributed by atoms with Crippen molar-refractivity contribution >= 4 is 17.4 Å². The molecule has 19 heavy (non-hydrogen) atoms. The summed E-state index contributed by atoms with van der Waals surface area (Å²) in [5.41, 5.74) is 2.00. The molecule has 3 rings (SSSR count). The number of nitrogens with zero attached hydrogens (tertiary/aromatic N) is 1. The van der Waals surface area contributed by atoms with Crippen LogP contribution in [0.3, 0.4) is 0 Å². The maximum atomic E-state index is 13.0. The van der Waals surface area contributed by atoms with Crippen molar-refractivity contribution in [2.75, 3.05) is 6.54 Å². The zero-order chi connectivity index (χ0) is 13.4. The van der Waals surface area contributed by atoms with Crippen LogP contribution in [0, 0.1) is 5.82 Å². The SMILES string of the molecule is O=C(O)N1CCc2ccsc2C1c1ccc(F)cc1. The molecule has 2 aromatic rings. The summed E-state index contributed by atoms with van der Waals surface area (Å²) in [5, 5.41) is 11.3. The van der Waals surface area contributed by atoms with E-state index in [9.17, 15) is 14.3 Å². The minimum atomic E-state index is -0.937. The fraction of sp³-hybridized carbons (Fsp3) is 0.214. The van der Waals surface area contributed by atoms with Crippen LogP contribution < -0.4 is 0 Å². The Morgan fingerprint density at radius 2 is 2.05 bits per heavy atom. The Labute approximate surface area is 113 Å². The van der Waals surface area contributed by atoms with E-state index in [4.69, 9.17) is 0 Å². The van der Waals surface area contributed by atoms with E-state index in [2.05, 4.69) is 0 Å². The number of hydrogen-bond donors (Lipinski definition) is 1. The van der Waals surface area contributed by atoms with Gasteiger partial charge in [-0.25, -0.2) is 9.18 Å². The highest BCUT2D eigenvalue weighted by Gasteiger charge is 2.32. The van der Waals surface area contributed by atoms with Gasteiger partial charge in [0.2, 0.25) is 0 Å². The maximum Gasteiger partial charge on any atom is 0.408 e. The first-order chi connectivity index (χ1) is 9.16. The van der Waals surface area contributed by atoms with E-state index < -0.39 is 6.09 Å². The van der Waals surface area contributed by atoms with Crippen LogP contribution in [0.1, 0.15) is 22.0 Å². The highest BCUT2D eigenvalue weighted by molar-refractivity contribution is 7.10. The molecule has 1 aliphatic heterocycles. The van der Waals surface area contributed by atoms with Gasteiger partial charge in [0.05, 0.1) is 6.04 Å². The van der Waals surface area contributed by atoms with E-state index in [-0.39, 0.29) is 11.9 Å². The lowest BCUT2D eigenvalue weighted by molar-refractivity contribution is 0.130. The van der Waals surface area contributed by atoms with Crippen molar-refractivity contribution < 1.29 is 14.3 Å². The van der Waals surface area contributed by atoms with Crippen LogP contribution in [0.4, 0.5) is 9.18 Å². The van der Waals surface area contributed by atoms with Gasteiger partial charge in [-0.3, -0.25) is 4.90 Å². The standard InChI is InChI=1S/C14H12FNO2S/c15-11-3-1-9(2-4-11)12-13-10(6-8-19-13)5-7-16(12)14(17)18/h1-4,6,8,12H,5,7H2,(H,17,18). The molecule has 5 heteroatoms. The van der Waals surface area contributed by atoms with Crippen LogP contribution in [0.5, 0.6) is 0 Å². The number of carbonyl (C=O) groups is 1. The molecule has 1 aromatic carbocycles. The summed E-state index contributed by atoms with van der Waals surface area (Å²) >= 11 is 1.55. The van der Waals surface area contributed by atoms with Crippen LogP contribution in [0.2, 0.25) is 0 Å². The Morgan fingerprint density at radius 1 is 1.32 bits per heavy atom. The van der Waals surface area contributed by atoms with E-state index in [0.717, 1.165) is 16.9 Å². The lowest BCUT2D eigenvalue weighted by Gasteiger charge is -2.33. The smallest absolute Gasteiger partial charge is 0.408 e. The van der Waals surface area contributed by atoms with E-state index in [1.807, 2.05) is 11.4 Å². The molecule has 0 saturated heterocycles. The molecule has 0 saturated carbocycles. The van der Waals surface area contributed by atoms with Gasteiger partial charge in [0, 0.05) is 11.4 Å². The molecule has 0 fully saturated rings. The van der Waals surface area contributed by atoms with Crippen molar-refractivity contribution in [3.05, 3.63) is 57.5 Å². The van der Waals surface area contributed by atoms with Gasteiger partial charge in [0.15, 0.2) is 0 Å². The first kappa shape index (κ1) is 12.2. The number of amides is 1. The van der Waals surface area contributed by atoms with Crippen molar-refractivity contribution in [1.29, 1.82) is 0 Å². The van der Waals surface area contributed by atoms with Gasteiger partial charge in [-0.1, -0.05) is 12.1 Å². The molecular weight excluding hydrogens is 265 g/mol. The molecule has 1 atom stereocenters. The molecule has 1 N–H and O–H groups in total. The Hall–Kier alpha value is -1.88. The molecule has 1 unspecified atom stereocenters. The summed E-state index contributed by atoms with van der Waals surface area (Å²) in [5.74, 6) is -0.312. The molecular formula is C14H12FNO2S. The van der Waals surface area contributed by atoms with Gasteiger partial charge in [0.25, 0.3) is 0 Å². The quantitative estimate of drug-likeness (QED) is 0.866. The van der Waals surface area contributed by atoms with E-state index in [0.29, 0.717) is 6.54 Å². The van der Waals surface area contributed by atoms with E-state index >= 15 is 0 Å². The molecule has 1 aromatic heterocycles. The highest BCUT2D eigenvalue weighted by Crippen LogP contribution is 2.38. The van der Waals surface area contributed by atoms with Crippen LogP contribution in [0.25, 0.3) is 0 Å². The van der Waals surface area contributed by atoms with Gasteiger partial charge < -0.3 is 5.11 Å². The van der Waals surface area contributed by atoms with Gasteiger partial charge in [-0.15, -0.1) is 11.3 Å². The molecule has 0 bridgehead atoms. The van der Waals surface area contributed by atoms with Gasteiger partial charge in [-0.2, -0.15) is 0 Å². The summed E-state index contributed by atoms with van der Waals surface area (Å²) in [7, 11) is 0. The second kappa shape index (κ2) is 4.66. The maximum absolute atomic E-state index is 13.0. The van der Waals surface area contributed by atoms with Gasteiger partial charge >= 0.3 is 6.09 Å². The third-order valence-electron chi connectivity index (χ3n) is 3.39. The molecule has 98 valence electrons. The number of halogens is 1. The van der Waals surface area contributed by atoms with Crippen molar-refractivity contribution in [3.8, 4) is 0 Å². The highest BCUT2D eigenvalue weighted by atomic mass is 32.1. The summed E-state index contributed by atoms with van der Waals surface area (Å²) < 4.78 is 13.0. The number of rotatable bonds is 1. The summed E-state index contributed by atoms with van der Waals surface area (Å²) in [4.78, 5) is 13.9. The molecule has 1 amide bonds. The second-order valence-electron chi connectivity index (χ2n) is 4.49. The first-order valence-corrected chi connectivity index (χ1v) is 6.86. The third kappa shape index (κ3) is 2.10. The van der Waals surface area contributed by atoms with Gasteiger partial charge in [0.1, 0.15) is 5.82 Å². The van der Waals surface area contributed by atoms with Crippen molar-refractivity contribution in [2.24, 2.45) is 0 Å². The Morgan fingerprint density at radius 3 is 2.74 bits per heavy atom. The average molecular weight is 277 g/mol.